The van der Waals surface area contributed by atoms with Crippen molar-refractivity contribution >= 4 is 5.97 Å². The highest BCUT2D eigenvalue weighted by Gasteiger charge is 2.27. The summed E-state index contributed by atoms with van der Waals surface area (Å²) in [5, 5.41) is 8.93. The van der Waals surface area contributed by atoms with Gasteiger partial charge in [-0.25, -0.2) is 18.0 Å². The molecule has 18 heavy (non-hydrogen) atoms. The van der Waals surface area contributed by atoms with E-state index in [0.717, 1.165) is 18.4 Å². The number of hydrogen-bond donors (Lipinski definition) is 1. The first-order chi connectivity index (χ1) is 8.50. The van der Waals surface area contributed by atoms with Crippen LogP contribution in [0, 0.1) is 5.82 Å². The predicted molar refractivity (Wildman–Crippen MR) is 56.0 cm³/mol. The average Bonchev–Trinajstić information content (AvgIpc) is 2.73. The van der Waals surface area contributed by atoms with Gasteiger partial charge in [-0.3, -0.25) is 0 Å². The molecule has 0 amide bonds. The molecule has 0 spiro atoms. The molecule has 2 rings (SSSR count). The van der Waals surface area contributed by atoms with Crippen LogP contribution in [0.2, 0.25) is 0 Å². The summed E-state index contributed by atoms with van der Waals surface area (Å²) in [4.78, 5) is 11.0. The molecule has 0 fully saturated rings. The topological polar surface area (TPSA) is 50.4 Å². The van der Waals surface area contributed by atoms with Gasteiger partial charge in [0.1, 0.15) is 11.4 Å². The Hall–Kier alpha value is -2.24. The molecule has 1 aromatic heterocycles. The Bertz CT molecular complexity index is 590. The van der Waals surface area contributed by atoms with Crippen molar-refractivity contribution in [3.05, 3.63) is 47.7 Å². The van der Waals surface area contributed by atoms with Gasteiger partial charge in [0.25, 0.3) is 6.43 Å². The van der Waals surface area contributed by atoms with Gasteiger partial charge >= 0.3 is 5.97 Å². The maximum atomic E-state index is 13.0. The molecule has 0 aliphatic carbocycles. The van der Waals surface area contributed by atoms with E-state index in [4.69, 9.17) is 5.11 Å². The highest BCUT2D eigenvalue weighted by molar-refractivity contribution is 5.97. The van der Waals surface area contributed by atoms with E-state index in [-0.39, 0.29) is 11.1 Å². The first-order valence-electron chi connectivity index (χ1n) is 4.89. The number of aromatic carboxylic acids is 1. The third kappa shape index (κ3) is 2.09. The quantitative estimate of drug-likeness (QED) is 0.910. The summed E-state index contributed by atoms with van der Waals surface area (Å²) in [5.74, 6) is -3.07. The van der Waals surface area contributed by atoms with Crippen LogP contribution in [-0.4, -0.2) is 11.1 Å². The number of furan rings is 1. The number of carboxylic acids is 1. The van der Waals surface area contributed by atoms with Crippen LogP contribution in [0.5, 0.6) is 0 Å². The minimum atomic E-state index is -3.04. The zero-order chi connectivity index (χ0) is 13.3. The Morgan fingerprint density at radius 1 is 1.33 bits per heavy atom. The molecule has 94 valence electrons. The summed E-state index contributed by atoms with van der Waals surface area (Å²) in [6.45, 7) is 0. The molecule has 0 aliphatic heterocycles. The Labute approximate surface area is 99.5 Å². The van der Waals surface area contributed by atoms with E-state index in [1.54, 1.807) is 0 Å². The number of carbonyl (C=O) groups is 1. The molecule has 0 unspecified atom stereocenters. The van der Waals surface area contributed by atoms with Crippen molar-refractivity contribution in [2.45, 2.75) is 6.43 Å². The van der Waals surface area contributed by atoms with E-state index in [1.807, 2.05) is 0 Å². The largest absolute Gasteiger partial charge is 0.478 e. The predicted octanol–water partition coefficient (Wildman–Crippen LogP) is 3.72. The van der Waals surface area contributed by atoms with Crippen LogP contribution in [0.15, 0.2) is 34.9 Å². The van der Waals surface area contributed by atoms with Crippen molar-refractivity contribution < 1.29 is 27.5 Å². The number of benzene rings is 1. The normalized spacial score (nSPS) is 10.9. The fourth-order valence-corrected chi connectivity index (χ4v) is 1.62. The number of carboxylic acid groups (broad SMARTS) is 1. The lowest BCUT2D eigenvalue weighted by atomic mass is 10.0. The summed E-state index contributed by atoms with van der Waals surface area (Å²) in [5.41, 5.74) is -0.545. The fourth-order valence-electron chi connectivity index (χ4n) is 1.62. The monoisotopic (exact) mass is 256 g/mol. The highest BCUT2D eigenvalue weighted by atomic mass is 19.3. The Balaban J connectivity index is 2.62. The number of alkyl halides is 2. The number of halogens is 3. The van der Waals surface area contributed by atoms with Crippen LogP contribution in [0.3, 0.4) is 0 Å². The summed E-state index contributed by atoms with van der Waals surface area (Å²) in [6.07, 6.45) is -2.15. The van der Waals surface area contributed by atoms with Gasteiger partial charge in [-0.15, -0.1) is 0 Å². The van der Waals surface area contributed by atoms with E-state index in [9.17, 15) is 18.0 Å². The molecule has 0 atom stereocenters. The lowest BCUT2D eigenvalue weighted by Gasteiger charge is -2.01. The van der Waals surface area contributed by atoms with Gasteiger partial charge in [-0.05, 0) is 17.7 Å². The molecule has 0 radical (unpaired) electrons. The summed E-state index contributed by atoms with van der Waals surface area (Å²) >= 11 is 0. The van der Waals surface area contributed by atoms with Crippen LogP contribution >= 0.6 is 0 Å². The molecule has 2 aromatic rings. The molecular formula is C12H7F3O3. The van der Waals surface area contributed by atoms with E-state index in [0.29, 0.717) is 0 Å². The van der Waals surface area contributed by atoms with Gasteiger partial charge < -0.3 is 9.52 Å². The molecule has 0 aliphatic rings. The second-order valence-corrected chi connectivity index (χ2v) is 3.50. The van der Waals surface area contributed by atoms with Crippen LogP contribution < -0.4 is 0 Å². The highest BCUT2D eigenvalue weighted by Crippen LogP contribution is 2.33. The van der Waals surface area contributed by atoms with Crippen LogP contribution in [-0.2, 0) is 0 Å². The van der Waals surface area contributed by atoms with Crippen molar-refractivity contribution in [2.24, 2.45) is 0 Å². The van der Waals surface area contributed by atoms with Crippen molar-refractivity contribution in [1.29, 1.82) is 0 Å². The van der Waals surface area contributed by atoms with Gasteiger partial charge in [0, 0.05) is 5.56 Å². The minimum Gasteiger partial charge on any atom is -0.478 e. The molecule has 1 N–H and O–H groups in total. The van der Waals surface area contributed by atoms with E-state index >= 15 is 0 Å². The van der Waals surface area contributed by atoms with E-state index in [2.05, 4.69) is 4.42 Å². The molecule has 0 saturated heterocycles. The Morgan fingerprint density at radius 2 is 2.06 bits per heavy atom. The van der Waals surface area contributed by atoms with Crippen molar-refractivity contribution in [2.75, 3.05) is 0 Å². The molecular weight excluding hydrogens is 249 g/mol. The molecule has 0 bridgehead atoms. The molecule has 3 nitrogen and oxygen atoms in total. The van der Waals surface area contributed by atoms with Crippen LogP contribution in [0.4, 0.5) is 13.2 Å². The molecule has 0 saturated carbocycles. The molecule has 1 aromatic carbocycles. The van der Waals surface area contributed by atoms with Crippen molar-refractivity contribution in [1.82, 2.24) is 0 Å². The standard InChI is InChI=1S/C12H7F3O3/c13-7-3-1-2-6(4-7)8-5-18-10(11(14)15)9(8)12(16)17/h1-5,11H,(H,16,17). The third-order valence-electron chi connectivity index (χ3n) is 2.37. The third-order valence-corrected chi connectivity index (χ3v) is 2.37. The SMILES string of the molecule is O=C(O)c1c(-c2cccc(F)c2)coc1C(F)F. The van der Waals surface area contributed by atoms with E-state index in [1.165, 1.54) is 12.1 Å². The van der Waals surface area contributed by atoms with Gasteiger partial charge in [0.2, 0.25) is 0 Å². The Morgan fingerprint density at radius 3 is 2.61 bits per heavy atom. The smallest absolute Gasteiger partial charge is 0.340 e. The number of rotatable bonds is 3. The summed E-state index contributed by atoms with van der Waals surface area (Å²) in [7, 11) is 0. The van der Waals surface area contributed by atoms with Crippen LogP contribution in [0.1, 0.15) is 22.5 Å². The average molecular weight is 256 g/mol. The summed E-state index contributed by atoms with van der Waals surface area (Å²) in [6, 6.07) is 4.98. The molecule has 6 heteroatoms. The van der Waals surface area contributed by atoms with Crippen molar-refractivity contribution in [3.8, 4) is 11.1 Å². The zero-order valence-electron chi connectivity index (χ0n) is 8.86. The second kappa shape index (κ2) is 4.56. The van der Waals surface area contributed by atoms with Gasteiger partial charge in [-0.2, -0.15) is 0 Å². The zero-order valence-corrected chi connectivity index (χ0v) is 8.86. The fraction of sp³-hybridized carbons (Fsp3) is 0.0833. The maximum absolute atomic E-state index is 13.0. The minimum absolute atomic E-state index is 0.0719. The van der Waals surface area contributed by atoms with E-state index < -0.39 is 29.5 Å². The second-order valence-electron chi connectivity index (χ2n) is 3.50. The lowest BCUT2D eigenvalue weighted by Crippen LogP contribution is -2.01. The Kier molecular flexibility index (Phi) is 3.10. The van der Waals surface area contributed by atoms with Crippen LogP contribution in [0.25, 0.3) is 11.1 Å². The molecule has 1 heterocycles. The van der Waals surface area contributed by atoms with Gasteiger partial charge in [0.05, 0.1) is 6.26 Å². The summed E-state index contributed by atoms with van der Waals surface area (Å²) < 4.78 is 42.7. The number of hydrogen-bond acceptors (Lipinski definition) is 2. The van der Waals surface area contributed by atoms with Crippen molar-refractivity contribution in [3.63, 3.8) is 0 Å². The lowest BCUT2D eigenvalue weighted by molar-refractivity contribution is 0.0674. The first-order valence-corrected chi connectivity index (χ1v) is 4.89. The first kappa shape index (κ1) is 12.2. The van der Waals surface area contributed by atoms with Gasteiger partial charge in [-0.1, -0.05) is 12.1 Å². The van der Waals surface area contributed by atoms with Gasteiger partial charge in [0.15, 0.2) is 5.76 Å². The maximum Gasteiger partial charge on any atom is 0.340 e.